The van der Waals surface area contributed by atoms with Crippen LogP contribution < -0.4 is 15.0 Å². The van der Waals surface area contributed by atoms with Crippen LogP contribution in [0.3, 0.4) is 0 Å². The summed E-state index contributed by atoms with van der Waals surface area (Å²) in [6.45, 7) is 10.0. The largest absolute Gasteiger partial charge is 0.495 e. The fraction of sp³-hybridized carbons (Fsp3) is 0.478. The van der Waals surface area contributed by atoms with Gasteiger partial charge in [-0.2, -0.15) is 0 Å². The summed E-state index contributed by atoms with van der Waals surface area (Å²) in [7, 11) is 1.71. The zero-order chi connectivity index (χ0) is 20.9. The number of piperazine rings is 1. The highest BCUT2D eigenvalue weighted by atomic mass is 16.5. The highest BCUT2D eigenvalue weighted by molar-refractivity contribution is 5.81. The number of hydrogen-bond donors (Lipinski definition) is 1. The molecule has 6 nitrogen and oxygen atoms in total. The number of pyridine rings is 1. The van der Waals surface area contributed by atoms with Crippen LogP contribution >= 0.6 is 0 Å². The van der Waals surface area contributed by atoms with Gasteiger partial charge in [0.25, 0.3) is 0 Å². The van der Waals surface area contributed by atoms with Crippen molar-refractivity contribution in [3.63, 3.8) is 0 Å². The molecule has 0 aliphatic carbocycles. The highest BCUT2D eigenvalue weighted by Crippen LogP contribution is 2.30. The van der Waals surface area contributed by atoms with E-state index in [0.717, 1.165) is 43.2 Å². The lowest BCUT2D eigenvalue weighted by Crippen LogP contribution is -2.50. The van der Waals surface area contributed by atoms with Crippen LogP contribution in [0.15, 0.2) is 48.8 Å². The van der Waals surface area contributed by atoms with Gasteiger partial charge in [-0.05, 0) is 23.8 Å². The third kappa shape index (κ3) is 5.26. The van der Waals surface area contributed by atoms with Crippen LogP contribution in [0.4, 0.5) is 5.69 Å². The number of amides is 1. The van der Waals surface area contributed by atoms with E-state index in [9.17, 15) is 4.79 Å². The van der Waals surface area contributed by atoms with Crippen molar-refractivity contribution in [1.29, 1.82) is 0 Å². The van der Waals surface area contributed by atoms with Crippen LogP contribution in [0, 0.1) is 5.41 Å². The number of nitrogens with one attached hydrogen (secondary N) is 1. The molecule has 1 atom stereocenters. The van der Waals surface area contributed by atoms with Crippen LogP contribution in [0.1, 0.15) is 32.4 Å². The number of hydrogen-bond acceptors (Lipinski definition) is 5. The maximum absolute atomic E-state index is 12.4. The van der Waals surface area contributed by atoms with Crippen molar-refractivity contribution in [3.05, 3.63) is 54.4 Å². The third-order valence-electron chi connectivity index (χ3n) is 5.39. The van der Waals surface area contributed by atoms with Crippen LogP contribution in [0.2, 0.25) is 0 Å². The molecule has 1 aliphatic rings. The number of nitrogens with zero attached hydrogens (tertiary/aromatic N) is 3. The first-order chi connectivity index (χ1) is 13.9. The van der Waals surface area contributed by atoms with Crippen LogP contribution in [0.25, 0.3) is 0 Å². The molecule has 3 rings (SSSR count). The second kappa shape index (κ2) is 9.27. The number of para-hydroxylation sites is 2. The Labute approximate surface area is 173 Å². The van der Waals surface area contributed by atoms with Crippen molar-refractivity contribution in [1.82, 2.24) is 15.2 Å². The fourth-order valence-corrected chi connectivity index (χ4v) is 3.65. The monoisotopic (exact) mass is 396 g/mol. The minimum Gasteiger partial charge on any atom is -0.495 e. The Kier molecular flexibility index (Phi) is 6.75. The normalized spacial score (nSPS) is 16.3. The SMILES string of the molecule is COc1ccccc1N1CCN([C@@H](CNC(=O)C(C)(C)C)c2cccnc2)CC1. The Bertz CT molecular complexity index is 796. The van der Waals surface area contributed by atoms with E-state index in [2.05, 4.69) is 32.2 Å². The molecule has 6 heteroatoms. The molecule has 1 aromatic heterocycles. The lowest BCUT2D eigenvalue weighted by molar-refractivity contribution is -0.128. The van der Waals surface area contributed by atoms with Crippen molar-refractivity contribution < 1.29 is 9.53 Å². The average molecular weight is 397 g/mol. The zero-order valence-corrected chi connectivity index (χ0v) is 17.9. The van der Waals surface area contributed by atoms with E-state index in [0.29, 0.717) is 6.54 Å². The van der Waals surface area contributed by atoms with Crippen molar-refractivity contribution in [3.8, 4) is 5.75 Å². The summed E-state index contributed by atoms with van der Waals surface area (Å²) in [5, 5.41) is 3.14. The van der Waals surface area contributed by atoms with Gasteiger partial charge in [-0.25, -0.2) is 0 Å². The summed E-state index contributed by atoms with van der Waals surface area (Å²) >= 11 is 0. The first-order valence-electron chi connectivity index (χ1n) is 10.2. The van der Waals surface area contributed by atoms with E-state index in [4.69, 9.17) is 4.74 Å². The van der Waals surface area contributed by atoms with E-state index < -0.39 is 5.41 Å². The topological polar surface area (TPSA) is 57.7 Å². The number of rotatable bonds is 6. The van der Waals surface area contributed by atoms with Crippen molar-refractivity contribution in [2.45, 2.75) is 26.8 Å². The number of methoxy groups -OCH3 is 1. The van der Waals surface area contributed by atoms with Gasteiger partial charge in [0.2, 0.25) is 5.91 Å². The van der Waals surface area contributed by atoms with Gasteiger partial charge < -0.3 is 15.0 Å². The molecular weight excluding hydrogens is 364 g/mol. The molecule has 29 heavy (non-hydrogen) atoms. The fourth-order valence-electron chi connectivity index (χ4n) is 3.65. The van der Waals surface area contributed by atoms with Gasteiger partial charge in [0.1, 0.15) is 5.75 Å². The summed E-state index contributed by atoms with van der Waals surface area (Å²) in [5.74, 6) is 0.973. The number of ether oxygens (including phenoxy) is 1. The van der Waals surface area contributed by atoms with Crippen molar-refractivity contribution in [2.24, 2.45) is 5.41 Å². The molecule has 156 valence electrons. The van der Waals surface area contributed by atoms with Gasteiger partial charge in [0.05, 0.1) is 18.8 Å². The maximum atomic E-state index is 12.4. The number of carbonyl (C=O) groups is 1. The number of benzene rings is 1. The molecule has 0 radical (unpaired) electrons. The van der Waals surface area contributed by atoms with E-state index in [-0.39, 0.29) is 11.9 Å². The van der Waals surface area contributed by atoms with E-state index in [1.807, 2.05) is 51.2 Å². The highest BCUT2D eigenvalue weighted by Gasteiger charge is 2.28. The number of aromatic nitrogens is 1. The molecule has 0 spiro atoms. The minimum atomic E-state index is -0.401. The molecule has 1 N–H and O–H groups in total. The summed E-state index contributed by atoms with van der Waals surface area (Å²) in [6, 6.07) is 12.3. The first kappa shape index (κ1) is 21.1. The summed E-state index contributed by atoms with van der Waals surface area (Å²) < 4.78 is 5.53. The van der Waals surface area contributed by atoms with Gasteiger partial charge in [-0.1, -0.05) is 39.0 Å². The lowest BCUT2D eigenvalue weighted by Gasteiger charge is -2.40. The predicted octanol–water partition coefficient (Wildman–Crippen LogP) is 3.12. The Morgan fingerprint density at radius 3 is 2.48 bits per heavy atom. The molecule has 1 amide bonds. The van der Waals surface area contributed by atoms with Gasteiger partial charge >= 0.3 is 0 Å². The smallest absolute Gasteiger partial charge is 0.225 e. The third-order valence-corrected chi connectivity index (χ3v) is 5.39. The maximum Gasteiger partial charge on any atom is 0.225 e. The summed E-state index contributed by atoms with van der Waals surface area (Å²) in [6.07, 6.45) is 3.69. The van der Waals surface area contributed by atoms with Crippen LogP contribution in [-0.4, -0.2) is 55.6 Å². The standard InChI is InChI=1S/C23H32N4O2/c1-23(2,3)22(28)25-17-20(18-8-7-11-24-16-18)27-14-12-26(13-15-27)19-9-5-6-10-21(19)29-4/h5-11,16,20H,12-15,17H2,1-4H3,(H,25,28)/t20-/m0/s1. The van der Waals surface area contributed by atoms with Crippen molar-refractivity contribution >= 4 is 11.6 Å². The average Bonchev–Trinajstić information content (AvgIpc) is 2.74. The minimum absolute atomic E-state index is 0.0686. The molecule has 1 fully saturated rings. The molecule has 0 saturated carbocycles. The van der Waals surface area contributed by atoms with Gasteiger partial charge in [-0.3, -0.25) is 14.7 Å². The lowest BCUT2D eigenvalue weighted by atomic mass is 9.95. The Balaban J connectivity index is 1.70. The van der Waals surface area contributed by atoms with Crippen molar-refractivity contribution in [2.75, 3.05) is 44.7 Å². The van der Waals surface area contributed by atoms with Crippen LogP contribution in [-0.2, 0) is 4.79 Å². The summed E-state index contributed by atoms with van der Waals surface area (Å²) in [4.78, 5) is 21.5. The predicted molar refractivity (Wildman–Crippen MR) is 116 cm³/mol. The molecular formula is C23H32N4O2. The molecule has 1 saturated heterocycles. The molecule has 0 unspecified atom stereocenters. The number of anilines is 1. The zero-order valence-electron chi connectivity index (χ0n) is 17.9. The van der Waals surface area contributed by atoms with E-state index in [1.54, 1.807) is 13.3 Å². The van der Waals surface area contributed by atoms with E-state index in [1.165, 1.54) is 0 Å². The van der Waals surface area contributed by atoms with Gasteiger partial charge in [0.15, 0.2) is 0 Å². The number of carbonyl (C=O) groups excluding carboxylic acids is 1. The Hall–Kier alpha value is -2.60. The second-order valence-electron chi connectivity index (χ2n) is 8.46. The molecule has 2 heterocycles. The first-order valence-corrected chi connectivity index (χ1v) is 10.2. The van der Waals surface area contributed by atoms with Gasteiger partial charge in [-0.15, -0.1) is 0 Å². The Morgan fingerprint density at radius 2 is 1.86 bits per heavy atom. The van der Waals surface area contributed by atoms with E-state index >= 15 is 0 Å². The second-order valence-corrected chi connectivity index (χ2v) is 8.46. The molecule has 2 aromatic rings. The quantitative estimate of drug-likeness (QED) is 0.813. The van der Waals surface area contributed by atoms with Crippen LogP contribution in [0.5, 0.6) is 5.75 Å². The summed E-state index contributed by atoms with van der Waals surface area (Å²) in [5.41, 5.74) is 1.86. The molecule has 1 aliphatic heterocycles. The van der Waals surface area contributed by atoms with Gasteiger partial charge in [0, 0.05) is 50.5 Å². The molecule has 1 aromatic carbocycles. The Morgan fingerprint density at radius 1 is 1.14 bits per heavy atom. The molecule has 0 bridgehead atoms.